The van der Waals surface area contributed by atoms with Gasteiger partial charge in [0.05, 0.1) is 13.2 Å². The van der Waals surface area contributed by atoms with Gasteiger partial charge in [-0.1, -0.05) is 12.1 Å². The van der Waals surface area contributed by atoms with E-state index in [4.69, 9.17) is 10.5 Å². The Morgan fingerprint density at radius 1 is 1.47 bits per heavy atom. The zero-order chi connectivity index (χ0) is 12.8. The van der Waals surface area contributed by atoms with E-state index in [9.17, 15) is 5.11 Å². The number of rotatable bonds is 6. The van der Waals surface area contributed by atoms with Crippen molar-refractivity contribution >= 4 is 0 Å². The fourth-order valence-corrected chi connectivity index (χ4v) is 1.96. The molecule has 1 rings (SSSR count). The number of nitrogens with zero attached hydrogens (tertiary/aromatic N) is 1. The molecule has 0 aromatic heterocycles. The van der Waals surface area contributed by atoms with E-state index >= 15 is 0 Å². The van der Waals surface area contributed by atoms with E-state index in [1.807, 2.05) is 31.3 Å². The molecule has 0 heterocycles. The highest BCUT2D eigenvalue weighted by atomic mass is 16.5. The Kier molecular flexibility index (Phi) is 5.41. The van der Waals surface area contributed by atoms with Gasteiger partial charge >= 0.3 is 0 Å². The number of ether oxygens (including phenoxy) is 1. The van der Waals surface area contributed by atoms with Crippen molar-refractivity contribution in [3.63, 3.8) is 0 Å². The van der Waals surface area contributed by atoms with Crippen LogP contribution in [-0.2, 0) is 0 Å². The third-order valence-electron chi connectivity index (χ3n) is 2.79. The minimum Gasteiger partial charge on any atom is -0.497 e. The van der Waals surface area contributed by atoms with Gasteiger partial charge in [-0.25, -0.2) is 0 Å². The number of likely N-dealkylation sites (N-methyl/N-ethyl adjacent to an activating group) is 1. The minimum absolute atomic E-state index is 0.0969. The molecule has 0 amide bonds. The van der Waals surface area contributed by atoms with Gasteiger partial charge in [-0.05, 0) is 31.7 Å². The zero-order valence-electron chi connectivity index (χ0n) is 10.8. The van der Waals surface area contributed by atoms with Crippen molar-refractivity contribution in [3.05, 3.63) is 29.8 Å². The van der Waals surface area contributed by atoms with Crippen molar-refractivity contribution in [2.24, 2.45) is 5.73 Å². The predicted octanol–water partition coefficient (Wildman–Crippen LogP) is 1.01. The Morgan fingerprint density at radius 3 is 2.71 bits per heavy atom. The molecule has 2 atom stereocenters. The summed E-state index contributed by atoms with van der Waals surface area (Å²) in [4.78, 5) is 2.06. The Bertz CT molecular complexity index is 342. The Morgan fingerprint density at radius 2 is 2.18 bits per heavy atom. The van der Waals surface area contributed by atoms with Gasteiger partial charge in [0.15, 0.2) is 0 Å². The highest BCUT2D eigenvalue weighted by molar-refractivity contribution is 5.30. The second-order valence-electron chi connectivity index (χ2n) is 4.32. The first-order chi connectivity index (χ1) is 8.08. The smallest absolute Gasteiger partial charge is 0.119 e. The van der Waals surface area contributed by atoms with Crippen LogP contribution in [0.2, 0.25) is 0 Å². The van der Waals surface area contributed by atoms with Crippen LogP contribution >= 0.6 is 0 Å². The monoisotopic (exact) mass is 238 g/mol. The van der Waals surface area contributed by atoms with Gasteiger partial charge in [0.2, 0.25) is 0 Å². The molecule has 0 saturated heterocycles. The summed E-state index contributed by atoms with van der Waals surface area (Å²) in [6.45, 7) is 2.88. The molecule has 0 bridgehead atoms. The van der Waals surface area contributed by atoms with E-state index in [0.717, 1.165) is 11.3 Å². The van der Waals surface area contributed by atoms with Crippen LogP contribution in [0.15, 0.2) is 24.3 Å². The summed E-state index contributed by atoms with van der Waals surface area (Å²) in [6, 6.07) is 7.97. The maximum absolute atomic E-state index is 9.41. The molecule has 3 N–H and O–H groups in total. The number of aliphatic hydroxyl groups excluding tert-OH is 1. The first-order valence-corrected chi connectivity index (χ1v) is 5.80. The number of methoxy groups -OCH3 is 1. The fourth-order valence-electron chi connectivity index (χ4n) is 1.96. The van der Waals surface area contributed by atoms with Crippen LogP contribution in [0.3, 0.4) is 0 Å². The van der Waals surface area contributed by atoms with Crippen LogP contribution in [0, 0.1) is 0 Å². The highest BCUT2D eigenvalue weighted by Crippen LogP contribution is 2.22. The van der Waals surface area contributed by atoms with Crippen LogP contribution in [0.5, 0.6) is 5.75 Å². The largest absolute Gasteiger partial charge is 0.497 e. The second kappa shape index (κ2) is 6.59. The van der Waals surface area contributed by atoms with Crippen LogP contribution in [0.25, 0.3) is 0 Å². The van der Waals surface area contributed by atoms with Gasteiger partial charge in [0, 0.05) is 19.1 Å². The molecule has 0 saturated carbocycles. The Labute approximate surface area is 103 Å². The van der Waals surface area contributed by atoms with Crippen LogP contribution in [-0.4, -0.2) is 43.4 Å². The second-order valence-corrected chi connectivity index (χ2v) is 4.32. The molecule has 0 fully saturated rings. The zero-order valence-corrected chi connectivity index (χ0v) is 10.8. The summed E-state index contributed by atoms with van der Waals surface area (Å²) in [5, 5.41) is 9.41. The fraction of sp³-hybridized carbons (Fsp3) is 0.538. The molecule has 4 heteroatoms. The molecule has 17 heavy (non-hydrogen) atoms. The maximum atomic E-state index is 9.41. The highest BCUT2D eigenvalue weighted by Gasteiger charge is 2.17. The average Bonchev–Trinajstić information content (AvgIpc) is 2.29. The molecule has 1 aromatic rings. The predicted molar refractivity (Wildman–Crippen MR) is 69.1 cm³/mol. The summed E-state index contributed by atoms with van der Waals surface area (Å²) in [5.74, 6) is 0.825. The third-order valence-corrected chi connectivity index (χ3v) is 2.79. The molecule has 2 unspecified atom stereocenters. The van der Waals surface area contributed by atoms with Crippen LogP contribution in [0.4, 0.5) is 0 Å². The van der Waals surface area contributed by atoms with Crippen molar-refractivity contribution in [2.75, 3.05) is 27.2 Å². The number of hydrogen-bond acceptors (Lipinski definition) is 4. The Balaban J connectivity index is 2.84. The maximum Gasteiger partial charge on any atom is 0.119 e. The molecule has 1 aromatic carbocycles. The van der Waals surface area contributed by atoms with Crippen LogP contribution < -0.4 is 10.5 Å². The quantitative estimate of drug-likeness (QED) is 0.776. The lowest BCUT2D eigenvalue weighted by atomic mass is 10.1. The molecule has 96 valence electrons. The Hall–Kier alpha value is -1.10. The topological polar surface area (TPSA) is 58.7 Å². The SMILES string of the molecule is COc1cccc(C(CN)N(C)CC(C)O)c1. The van der Waals surface area contributed by atoms with Gasteiger partial charge in [-0.2, -0.15) is 0 Å². The van der Waals surface area contributed by atoms with E-state index < -0.39 is 0 Å². The molecular weight excluding hydrogens is 216 g/mol. The lowest BCUT2D eigenvalue weighted by molar-refractivity contribution is 0.119. The van der Waals surface area contributed by atoms with Gasteiger partial charge in [-0.3, -0.25) is 4.90 Å². The van der Waals surface area contributed by atoms with Crippen LogP contribution in [0.1, 0.15) is 18.5 Å². The average molecular weight is 238 g/mol. The number of hydrogen-bond donors (Lipinski definition) is 2. The normalized spacial score (nSPS) is 14.7. The molecule has 0 aliphatic rings. The number of aliphatic hydroxyl groups is 1. The summed E-state index contributed by atoms with van der Waals surface area (Å²) >= 11 is 0. The van der Waals surface area contributed by atoms with Crippen molar-refractivity contribution < 1.29 is 9.84 Å². The van der Waals surface area contributed by atoms with E-state index in [1.54, 1.807) is 14.0 Å². The van der Waals surface area contributed by atoms with Gasteiger partial charge < -0.3 is 15.6 Å². The molecule has 0 aliphatic carbocycles. The first kappa shape index (κ1) is 14.0. The van der Waals surface area contributed by atoms with E-state index in [1.165, 1.54) is 0 Å². The standard InChI is InChI=1S/C13H22N2O2/c1-10(16)9-15(2)13(8-14)11-5-4-6-12(7-11)17-3/h4-7,10,13,16H,8-9,14H2,1-3H3. The van der Waals surface area contributed by atoms with E-state index in [-0.39, 0.29) is 12.1 Å². The van der Waals surface area contributed by atoms with Crippen molar-refractivity contribution in [1.29, 1.82) is 0 Å². The first-order valence-electron chi connectivity index (χ1n) is 5.80. The van der Waals surface area contributed by atoms with Crippen molar-refractivity contribution in [3.8, 4) is 5.75 Å². The molecule has 0 radical (unpaired) electrons. The van der Waals surface area contributed by atoms with E-state index in [0.29, 0.717) is 13.1 Å². The molecule has 4 nitrogen and oxygen atoms in total. The lowest BCUT2D eigenvalue weighted by Crippen LogP contribution is -2.35. The molecular formula is C13H22N2O2. The third kappa shape index (κ3) is 4.00. The summed E-state index contributed by atoms with van der Waals surface area (Å²) in [6.07, 6.45) is -0.361. The minimum atomic E-state index is -0.361. The van der Waals surface area contributed by atoms with Crippen molar-refractivity contribution in [1.82, 2.24) is 4.90 Å². The number of nitrogens with two attached hydrogens (primary N) is 1. The van der Waals surface area contributed by atoms with Gasteiger partial charge in [0.1, 0.15) is 5.75 Å². The van der Waals surface area contributed by atoms with Gasteiger partial charge in [0.25, 0.3) is 0 Å². The molecule has 0 spiro atoms. The molecule has 0 aliphatic heterocycles. The van der Waals surface area contributed by atoms with Gasteiger partial charge in [-0.15, -0.1) is 0 Å². The van der Waals surface area contributed by atoms with Crippen molar-refractivity contribution in [2.45, 2.75) is 19.1 Å². The van der Waals surface area contributed by atoms with E-state index in [2.05, 4.69) is 4.90 Å². The lowest BCUT2D eigenvalue weighted by Gasteiger charge is -2.28. The summed E-state index contributed by atoms with van der Waals surface area (Å²) in [7, 11) is 3.61. The summed E-state index contributed by atoms with van der Waals surface area (Å²) in [5.41, 5.74) is 6.92. The summed E-state index contributed by atoms with van der Waals surface area (Å²) < 4.78 is 5.20. The number of benzene rings is 1.